The molecule has 0 fully saturated rings. The van der Waals surface area contributed by atoms with E-state index in [1.165, 1.54) is 0 Å². The van der Waals surface area contributed by atoms with Gasteiger partial charge in [-0.2, -0.15) is 0 Å². The third-order valence-electron chi connectivity index (χ3n) is 3.00. The lowest BCUT2D eigenvalue weighted by molar-refractivity contribution is -0.148. The lowest BCUT2D eigenvalue weighted by Crippen LogP contribution is -2.21. The maximum Gasteiger partial charge on any atom is 0.309 e. The maximum absolute atomic E-state index is 11.9. The molecule has 0 heterocycles. The van der Waals surface area contributed by atoms with Gasteiger partial charge in [0.2, 0.25) is 0 Å². The molecule has 0 amide bonds. The zero-order chi connectivity index (χ0) is 13.1. The maximum atomic E-state index is 11.9. The van der Waals surface area contributed by atoms with Crippen molar-refractivity contribution in [3.63, 3.8) is 0 Å². The molecule has 0 spiro atoms. The summed E-state index contributed by atoms with van der Waals surface area (Å²) in [4.78, 5) is 11.9. The highest BCUT2D eigenvalue weighted by Gasteiger charge is 2.22. The fraction of sp³-hybridized carbons (Fsp3) is 0.786. The molecule has 2 unspecified atom stereocenters. The van der Waals surface area contributed by atoms with E-state index in [0.717, 1.165) is 37.4 Å². The summed E-state index contributed by atoms with van der Waals surface area (Å²) in [5.41, 5.74) is 0. The molecule has 0 bridgehead atoms. The molecule has 0 aliphatic heterocycles. The third kappa shape index (κ3) is 7.58. The van der Waals surface area contributed by atoms with Crippen LogP contribution < -0.4 is 0 Å². The van der Waals surface area contributed by atoms with Gasteiger partial charge in [-0.15, -0.1) is 0 Å². The zero-order valence-corrected chi connectivity index (χ0v) is 12.7. The van der Waals surface area contributed by atoms with Gasteiger partial charge in [0.1, 0.15) is 6.61 Å². The lowest BCUT2D eigenvalue weighted by Gasteiger charge is -2.19. The van der Waals surface area contributed by atoms with Crippen molar-refractivity contribution in [1.29, 1.82) is 0 Å². The number of hydrogen-bond acceptors (Lipinski definition) is 2. The molecule has 0 aromatic carbocycles. The van der Waals surface area contributed by atoms with Crippen LogP contribution in [0.25, 0.3) is 0 Å². The van der Waals surface area contributed by atoms with Crippen molar-refractivity contribution in [1.82, 2.24) is 0 Å². The van der Waals surface area contributed by atoms with Crippen LogP contribution in [0.5, 0.6) is 0 Å². The first-order chi connectivity index (χ1) is 8.19. The summed E-state index contributed by atoms with van der Waals surface area (Å²) in [5.74, 6) is 0.559. The topological polar surface area (TPSA) is 26.3 Å². The van der Waals surface area contributed by atoms with E-state index in [9.17, 15) is 4.79 Å². The molecular weight excluding hydrogens is 280 g/mol. The molecule has 0 radical (unpaired) electrons. The minimum Gasteiger partial charge on any atom is -0.461 e. The van der Waals surface area contributed by atoms with Gasteiger partial charge < -0.3 is 4.74 Å². The first-order valence-corrected chi connectivity index (χ1v) is 7.65. The molecule has 0 saturated carbocycles. The number of rotatable bonds is 10. The summed E-state index contributed by atoms with van der Waals surface area (Å²) < 4.78 is 5.17. The lowest BCUT2D eigenvalue weighted by atomic mass is 9.90. The molecule has 2 nitrogen and oxygen atoms in total. The van der Waals surface area contributed by atoms with Crippen LogP contribution in [-0.4, -0.2) is 17.9 Å². The number of carbonyl (C=O) groups is 1. The number of halogens is 1. The van der Waals surface area contributed by atoms with Crippen molar-refractivity contribution < 1.29 is 9.53 Å². The van der Waals surface area contributed by atoms with Crippen LogP contribution >= 0.6 is 15.9 Å². The SMILES string of the molecule is C=CCOC(=O)C(CCCC)CC(CC)CBr. The highest BCUT2D eigenvalue weighted by atomic mass is 79.9. The Morgan fingerprint density at radius 1 is 1.47 bits per heavy atom. The second kappa shape index (κ2) is 10.8. The predicted octanol–water partition coefficient (Wildman–Crippen LogP) is 4.33. The van der Waals surface area contributed by atoms with Crippen LogP contribution in [0.1, 0.15) is 46.0 Å². The Morgan fingerprint density at radius 2 is 2.18 bits per heavy atom. The van der Waals surface area contributed by atoms with E-state index < -0.39 is 0 Å². The fourth-order valence-electron chi connectivity index (χ4n) is 1.78. The third-order valence-corrected chi connectivity index (χ3v) is 3.91. The number of alkyl halides is 1. The van der Waals surface area contributed by atoms with Gasteiger partial charge in [-0.05, 0) is 18.8 Å². The van der Waals surface area contributed by atoms with E-state index in [4.69, 9.17) is 4.74 Å². The Morgan fingerprint density at radius 3 is 2.65 bits per heavy atom. The van der Waals surface area contributed by atoms with E-state index in [0.29, 0.717) is 12.5 Å². The first-order valence-electron chi connectivity index (χ1n) is 6.52. The monoisotopic (exact) mass is 304 g/mol. The molecule has 17 heavy (non-hydrogen) atoms. The van der Waals surface area contributed by atoms with E-state index in [-0.39, 0.29) is 11.9 Å². The molecule has 3 heteroatoms. The molecule has 0 saturated heterocycles. The smallest absolute Gasteiger partial charge is 0.309 e. The largest absolute Gasteiger partial charge is 0.461 e. The average molecular weight is 305 g/mol. The number of esters is 1. The minimum absolute atomic E-state index is 0.0531. The van der Waals surface area contributed by atoms with E-state index in [1.54, 1.807) is 6.08 Å². The molecular formula is C14H25BrO2. The van der Waals surface area contributed by atoms with Gasteiger partial charge in [0.15, 0.2) is 0 Å². The van der Waals surface area contributed by atoms with Crippen LogP contribution in [-0.2, 0) is 9.53 Å². The van der Waals surface area contributed by atoms with Crippen LogP contribution in [0.4, 0.5) is 0 Å². The number of unbranched alkanes of at least 4 members (excludes halogenated alkanes) is 1. The Labute approximate surface area is 114 Å². The molecule has 100 valence electrons. The standard InChI is InChI=1S/C14H25BrO2/c1-4-7-8-13(10-12(6-3)11-15)14(16)17-9-5-2/h5,12-13H,2,4,6-11H2,1,3H3. The molecule has 0 aliphatic carbocycles. The number of hydrogen-bond donors (Lipinski definition) is 0. The number of carbonyl (C=O) groups excluding carboxylic acids is 1. The Bertz CT molecular complexity index is 212. The second-order valence-electron chi connectivity index (χ2n) is 4.42. The van der Waals surface area contributed by atoms with Crippen molar-refractivity contribution in [2.24, 2.45) is 11.8 Å². The summed E-state index contributed by atoms with van der Waals surface area (Å²) in [6.07, 6.45) is 6.80. The van der Waals surface area contributed by atoms with Crippen molar-refractivity contribution in [3.8, 4) is 0 Å². The molecule has 2 atom stereocenters. The summed E-state index contributed by atoms with van der Waals surface area (Å²) in [6, 6.07) is 0. The van der Waals surface area contributed by atoms with Crippen molar-refractivity contribution in [2.75, 3.05) is 11.9 Å². The van der Waals surface area contributed by atoms with Crippen molar-refractivity contribution in [3.05, 3.63) is 12.7 Å². The second-order valence-corrected chi connectivity index (χ2v) is 5.07. The van der Waals surface area contributed by atoms with E-state index in [2.05, 4.69) is 36.4 Å². The van der Waals surface area contributed by atoms with Gasteiger partial charge in [0, 0.05) is 5.33 Å². The molecule has 0 aromatic rings. The van der Waals surface area contributed by atoms with Crippen LogP contribution in [0.2, 0.25) is 0 Å². The number of ether oxygens (including phenoxy) is 1. The fourth-order valence-corrected chi connectivity index (χ4v) is 2.50. The normalized spacial score (nSPS) is 14.1. The van der Waals surface area contributed by atoms with Gasteiger partial charge in [-0.25, -0.2) is 0 Å². The van der Waals surface area contributed by atoms with Gasteiger partial charge in [-0.3, -0.25) is 4.79 Å². The Kier molecular flexibility index (Phi) is 10.6. The molecule has 0 aromatic heterocycles. The van der Waals surface area contributed by atoms with Crippen LogP contribution in [0, 0.1) is 11.8 Å². The summed E-state index contributed by atoms with van der Waals surface area (Å²) in [5, 5.41) is 0.959. The zero-order valence-electron chi connectivity index (χ0n) is 11.1. The summed E-state index contributed by atoms with van der Waals surface area (Å²) in [6.45, 7) is 8.20. The Balaban J connectivity index is 4.28. The van der Waals surface area contributed by atoms with Crippen LogP contribution in [0.3, 0.4) is 0 Å². The minimum atomic E-state index is -0.0576. The highest BCUT2D eigenvalue weighted by molar-refractivity contribution is 9.09. The molecule has 0 N–H and O–H groups in total. The van der Waals surface area contributed by atoms with Gasteiger partial charge >= 0.3 is 5.97 Å². The molecule has 0 rings (SSSR count). The molecule has 0 aliphatic rings. The van der Waals surface area contributed by atoms with E-state index in [1.807, 2.05) is 0 Å². The highest BCUT2D eigenvalue weighted by Crippen LogP contribution is 2.23. The van der Waals surface area contributed by atoms with E-state index >= 15 is 0 Å². The average Bonchev–Trinajstić information content (AvgIpc) is 2.36. The van der Waals surface area contributed by atoms with Crippen molar-refractivity contribution in [2.45, 2.75) is 46.0 Å². The van der Waals surface area contributed by atoms with Gasteiger partial charge in [-0.1, -0.05) is 61.7 Å². The summed E-state index contributed by atoms with van der Waals surface area (Å²) >= 11 is 3.51. The van der Waals surface area contributed by atoms with Gasteiger partial charge in [0.25, 0.3) is 0 Å². The quantitative estimate of drug-likeness (QED) is 0.341. The predicted molar refractivity (Wildman–Crippen MR) is 76.4 cm³/mol. The Hall–Kier alpha value is -0.310. The van der Waals surface area contributed by atoms with Crippen molar-refractivity contribution >= 4 is 21.9 Å². The van der Waals surface area contributed by atoms with Gasteiger partial charge in [0.05, 0.1) is 5.92 Å². The summed E-state index contributed by atoms with van der Waals surface area (Å²) in [7, 11) is 0. The first kappa shape index (κ1) is 16.7. The van der Waals surface area contributed by atoms with Crippen LogP contribution in [0.15, 0.2) is 12.7 Å².